The maximum Gasteiger partial charge on any atom is 0.252 e. The van der Waals surface area contributed by atoms with Crippen molar-refractivity contribution in [3.8, 4) is 0 Å². The minimum absolute atomic E-state index is 0.206. The van der Waals surface area contributed by atoms with Gasteiger partial charge in [0.05, 0.1) is 33.0 Å². The van der Waals surface area contributed by atoms with Crippen LogP contribution in [0.3, 0.4) is 0 Å². The lowest BCUT2D eigenvalue weighted by Gasteiger charge is -2.33. The Labute approximate surface area is 257 Å². The van der Waals surface area contributed by atoms with Crippen molar-refractivity contribution in [2.75, 3.05) is 18.5 Å². The standard InChI is InChI=1S/C35H38BrNO5/c36-21-22-37-35(38)34(42-26-31-19-11-4-12-20-31)33(41-25-30-17-9-3-10-18-30)32(40-24-29-15-7-2-8-16-29)27-39-23-28-13-5-1-6-14-28/h1-20,32-34H,21-27H2,(H,37,38)/t32-,33-,34+/m1/s1. The molecule has 0 aliphatic carbocycles. The van der Waals surface area contributed by atoms with Crippen LogP contribution in [0.1, 0.15) is 22.3 Å². The van der Waals surface area contributed by atoms with Crippen LogP contribution < -0.4 is 5.32 Å². The number of benzene rings is 4. The van der Waals surface area contributed by atoms with Gasteiger partial charge in [0.25, 0.3) is 5.91 Å². The van der Waals surface area contributed by atoms with Gasteiger partial charge < -0.3 is 24.3 Å². The smallest absolute Gasteiger partial charge is 0.252 e. The summed E-state index contributed by atoms with van der Waals surface area (Å²) in [5, 5.41) is 3.59. The summed E-state index contributed by atoms with van der Waals surface area (Å²) in [7, 11) is 0. The normalized spacial score (nSPS) is 13.3. The lowest BCUT2D eigenvalue weighted by molar-refractivity contribution is -0.177. The average Bonchev–Trinajstić information content (AvgIpc) is 3.05. The number of halogens is 1. The Kier molecular flexibility index (Phi) is 13.7. The molecule has 0 bridgehead atoms. The van der Waals surface area contributed by atoms with E-state index in [9.17, 15) is 4.79 Å². The fraction of sp³-hybridized carbons (Fsp3) is 0.286. The fourth-order valence-corrected chi connectivity index (χ4v) is 4.59. The zero-order valence-corrected chi connectivity index (χ0v) is 25.2. The van der Waals surface area contributed by atoms with Crippen molar-refractivity contribution in [2.24, 2.45) is 0 Å². The topological polar surface area (TPSA) is 66.0 Å². The number of carbonyl (C=O) groups is 1. The summed E-state index contributed by atoms with van der Waals surface area (Å²) in [5.74, 6) is -0.264. The predicted octanol–water partition coefficient (Wildman–Crippen LogP) is 6.47. The Morgan fingerprint density at radius 3 is 1.50 bits per heavy atom. The molecular weight excluding hydrogens is 594 g/mol. The Morgan fingerprint density at radius 2 is 1.02 bits per heavy atom. The number of ether oxygens (including phenoxy) is 4. The van der Waals surface area contributed by atoms with Gasteiger partial charge in [0.2, 0.25) is 0 Å². The number of amides is 1. The number of rotatable bonds is 18. The van der Waals surface area contributed by atoms with Crippen LogP contribution >= 0.6 is 15.9 Å². The summed E-state index contributed by atoms with van der Waals surface area (Å²) < 4.78 is 25.5. The molecule has 0 radical (unpaired) electrons. The minimum Gasteiger partial charge on any atom is -0.374 e. The summed E-state index contributed by atoms with van der Waals surface area (Å²) in [6, 6.07) is 39.6. The molecule has 220 valence electrons. The summed E-state index contributed by atoms with van der Waals surface area (Å²) in [6.45, 7) is 1.93. The number of carbonyl (C=O) groups excluding carboxylic acids is 1. The highest BCUT2D eigenvalue weighted by molar-refractivity contribution is 9.09. The molecule has 0 saturated carbocycles. The van der Waals surface area contributed by atoms with Gasteiger partial charge >= 0.3 is 0 Å². The van der Waals surface area contributed by atoms with E-state index >= 15 is 0 Å². The van der Waals surface area contributed by atoms with E-state index in [1.165, 1.54) is 0 Å². The third-order valence-electron chi connectivity index (χ3n) is 6.58. The van der Waals surface area contributed by atoms with Crippen LogP contribution in [0.4, 0.5) is 0 Å². The molecule has 0 spiro atoms. The van der Waals surface area contributed by atoms with Crippen molar-refractivity contribution in [1.82, 2.24) is 5.32 Å². The summed E-state index contributed by atoms with van der Waals surface area (Å²) in [6.07, 6.45) is -2.31. The van der Waals surface area contributed by atoms with Crippen LogP contribution in [0.5, 0.6) is 0 Å². The monoisotopic (exact) mass is 631 g/mol. The Bertz CT molecular complexity index is 1280. The first kappa shape index (κ1) is 31.6. The zero-order valence-electron chi connectivity index (χ0n) is 23.6. The van der Waals surface area contributed by atoms with Crippen molar-refractivity contribution in [3.63, 3.8) is 0 Å². The maximum atomic E-state index is 13.6. The SMILES string of the molecule is O=C(NCCBr)[C@@H](OCc1ccccc1)[C@H](OCc1ccccc1)[C@@H](COCc1ccccc1)OCc1ccccc1. The molecule has 0 aliphatic heterocycles. The molecule has 0 aromatic heterocycles. The van der Waals surface area contributed by atoms with Gasteiger partial charge in [0.1, 0.15) is 12.2 Å². The molecule has 1 amide bonds. The van der Waals surface area contributed by atoms with Crippen LogP contribution in [-0.2, 0) is 50.2 Å². The Morgan fingerprint density at radius 1 is 0.595 bits per heavy atom. The number of hydrogen-bond acceptors (Lipinski definition) is 5. The van der Waals surface area contributed by atoms with E-state index in [2.05, 4.69) is 21.2 Å². The molecule has 7 heteroatoms. The van der Waals surface area contributed by atoms with Gasteiger partial charge in [-0.1, -0.05) is 137 Å². The van der Waals surface area contributed by atoms with Gasteiger partial charge in [-0.05, 0) is 22.3 Å². The van der Waals surface area contributed by atoms with E-state index < -0.39 is 18.3 Å². The zero-order chi connectivity index (χ0) is 29.2. The third kappa shape index (κ3) is 10.8. The van der Waals surface area contributed by atoms with Gasteiger partial charge in [-0.3, -0.25) is 4.79 Å². The molecular formula is C35H38BrNO5. The molecule has 0 heterocycles. The van der Waals surface area contributed by atoms with Gasteiger partial charge in [-0.15, -0.1) is 0 Å². The predicted molar refractivity (Wildman–Crippen MR) is 168 cm³/mol. The van der Waals surface area contributed by atoms with E-state index in [0.717, 1.165) is 22.3 Å². The van der Waals surface area contributed by atoms with Gasteiger partial charge in [0.15, 0.2) is 6.10 Å². The van der Waals surface area contributed by atoms with Crippen molar-refractivity contribution in [3.05, 3.63) is 144 Å². The average molecular weight is 633 g/mol. The van der Waals surface area contributed by atoms with Gasteiger partial charge in [-0.25, -0.2) is 0 Å². The summed E-state index contributed by atoms with van der Waals surface area (Å²) in [4.78, 5) is 13.6. The molecule has 0 unspecified atom stereocenters. The second-order valence-corrected chi connectivity index (χ2v) is 10.6. The van der Waals surface area contributed by atoms with Gasteiger partial charge in [-0.2, -0.15) is 0 Å². The second-order valence-electron chi connectivity index (χ2n) is 9.79. The molecule has 4 aromatic rings. The molecule has 0 fully saturated rings. The Hall–Kier alpha value is -3.33. The molecule has 4 aromatic carbocycles. The molecule has 42 heavy (non-hydrogen) atoms. The molecule has 1 N–H and O–H groups in total. The van der Waals surface area contributed by atoms with Crippen LogP contribution in [0, 0.1) is 0 Å². The van der Waals surface area contributed by atoms with Crippen molar-refractivity contribution < 1.29 is 23.7 Å². The van der Waals surface area contributed by atoms with E-state index in [4.69, 9.17) is 18.9 Å². The van der Waals surface area contributed by atoms with Gasteiger partial charge in [0, 0.05) is 11.9 Å². The highest BCUT2D eigenvalue weighted by Gasteiger charge is 2.37. The molecule has 0 saturated heterocycles. The highest BCUT2D eigenvalue weighted by Crippen LogP contribution is 2.20. The number of nitrogens with one attached hydrogen (secondary N) is 1. The number of hydrogen-bond donors (Lipinski definition) is 1. The van der Waals surface area contributed by atoms with E-state index in [-0.39, 0.29) is 25.7 Å². The quantitative estimate of drug-likeness (QED) is 0.128. The van der Waals surface area contributed by atoms with Crippen LogP contribution in [-0.4, -0.2) is 42.7 Å². The summed E-state index contributed by atoms with van der Waals surface area (Å²) >= 11 is 3.41. The van der Waals surface area contributed by atoms with Crippen molar-refractivity contribution >= 4 is 21.8 Å². The fourth-order valence-electron chi connectivity index (χ4n) is 4.39. The first-order chi connectivity index (χ1) is 20.7. The minimum atomic E-state index is -0.950. The number of alkyl halides is 1. The van der Waals surface area contributed by atoms with Crippen molar-refractivity contribution in [1.29, 1.82) is 0 Å². The lowest BCUT2D eigenvalue weighted by Crippen LogP contribution is -2.52. The van der Waals surface area contributed by atoms with Crippen LogP contribution in [0.15, 0.2) is 121 Å². The molecule has 0 aliphatic rings. The van der Waals surface area contributed by atoms with Crippen LogP contribution in [0.2, 0.25) is 0 Å². The second kappa shape index (κ2) is 18.3. The maximum absolute atomic E-state index is 13.6. The van der Waals surface area contributed by atoms with E-state index in [1.54, 1.807) is 0 Å². The first-order valence-corrected chi connectivity index (χ1v) is 15.3. The van der Waals surface area contributed by atoms with Crippen molar-refractivity contribution in [2.45, 2.75) is 44.7 Å². The van der Waals surface area contributed by atoms with E-state index in [0.29, 0.717) is 25.1 Å². The Balaban J connectivity index is 1.60. The lowest BCUT2D eigenvalue weighted by atomic mass is 10.1. The first-order valence-electron chi connectivity index (χ1n) is 14.1. The highest BCUT2D eigenvalue weighted by atomic mass is 79.9. The summed E-state index contributed by atoms with van der Waals surface area (Å²) in [5.41, 5.74) is 4.00. The molecule has 4 rings (SSSR count). The third-order valence-corrected chi connectivity index (χ3v) is 6.97. The molecule has 3 atom stereocenters. The van der Waals surface area contributed by atoms with E-state index in [1.807, 2.05) is 121 Å². The largest absolute Gasteiger partial charge is 0.374 e. The van der Waals surface area contributed by atoms with Crippen LogP contribution in [0.25, 0.3) is 0 Å². The molecule has 6 nitrogen and oxygen atoms in total.